The normalized spacial score (nSPS) is 14.9. The molecule has 0 spiro atoms. The van der Waals surface area contributed by atoms with Gasteiger partial charge in [-0.2, -0.15) is 4.98 Å². The number of nitrogens with one attached hydrogen (secondary N) is 2. The van der Waals surface area contributed by atoms with Gasteiger partial charge >= 0.3 is 0 Å². The average Bonchev–Trinajstić information content (AvgIpc) is 2.78. The van der Waals surface area contributed by atoms with E-state index in [1.54, 1.807) is 6.20 Å². The van der Waals surface area contributed by atoms with Crippen molar-refractivity contribution in [2.75, 3.05) is 30.4 Å². The molecule has 2 bridgehead atoms. The van der Waals surface area contributed by atoms with E-state index >= 15 is 0 Å². The zero-order valence-electron chi connectivity index (χ0n) is 11.0. The first-order chi connectivity index (χ1) is 9.25. The summed E-state index contributed by atoms with van der Waals surface area (Å²) in [7, 11) is 1.90. The van der Waals surface area contributed by atoms with Gasteiger partial charge in [-0.1, -0.05) is 0 Å². The standard InChI is InChI=1S/C12H16N6O/c1-8-10-11(17-16-8)19-7-3-5-13-9-4-6-14-12(15-9)18(10)2/h4,6H,3,5,7H2,1-2H3,(H,16,17)(H,13,14,15). The Morgan fingerprint density at radius 3 is 3.21 bits per heavy atom. The summed E-state index contributed by atoms with van der Waals surface area (Å²) >= 11 is 0. The van der Waals surface area contributed by atoms with E-state index in [-0.39, 0.29) is 0 Å². The molecule has 0 fully saturated rings. The highest BCUT2D eigenvalue weighted by atomic mass is 16.5. The maximum Gasteiger partial charge on any atom is 0.257 e. The summed E-state index contributed by atoms with van der Waals surface area (Å²) in [4.78, 5) is 10.7. The Balaban J connectivity index is 2.07. The molecule has 100 valence electrons. The van der Waals surface area contributed by atoms with Crippen LogP contribution in [0.1, 0.15) is 12.1 Å². The molecule has 0 radical (unpaired) electrons. The molecule has 3 rings (SSSR count). The average molecular weight is 260 g/mol. The number of hydrogen-bond acceptors (Lipinski definition) is 6. The highest BCUT2D eigenvalue weighted by Crippen LogP contribution is 2.32. The van der Waals surface area contributed by atoms with Crippen LogP contribution < -0.4 is 15.0 Å². The van der Waals surface area contributed by atoms with Gasteiger partial charge in [0.2, 0.25) is 5.95 Å². The van der Waals surface area contributed by atoms with Gasteiger partial charge in [-0.25, -0.2) is 4.98 Å². The van der Waals surface area contributed by atoms with Crippen molar-refractivity contribution in [1.29, 1.82) is 0 Å². The monoisotopic (exact) mass is 260 g/mol. The second-order valence-corrected chi connectivity index (χ2v) is 4.43. The van der Waals surface area contributed by atoms with Crippen molar-refractivity contribution in [3.8, 4) is 5.88 Å². The Morgan fingerprint density at radius 1 is 1.42 bits per heavy atom. The lowest BCUT2D eigenvalue weighted by Gasteiger charge is -2.17. The Hall–Kier alpha value is -2.31. The van der Waals surface area contributed by atoms with E-state index in [0.29, 0.717) is 18.4 Å². The fraction of sp³-hybridized carbons (Fsp3) is 0.417. The molecule has 7 heteroatoms. The largest absolute Gasteiger partial charge is 0.475 e. The first-order valence-corrected chi connectivity index (χ1v) is 6.24. The molecule has 2 aromatic heterocycles. The van der Waals surface area contributed by atoms with Gasteiger partial charge in [0, 0.05) is 19.8 Å². The van der Waals surface area contributed by atoms with Crippen molar-refractivity contribution in [3.63, 3.8) is 0 Å². The fourth-order valence-electron chi connectivity index (χ4n) is 2.06. The molecule has 2 aromatic rings. The number of hydrogen-bond donors (Lipinski definition) is 2. The number of aromatic amines is 1. The molecule has 0 atom stereocenters. The Labute approximate surface area is 111 Å². The molecule has 1 aliphatic heterocycles. The highest BCUT2D eigenvalue weighted by Gasteiger charge is 2.19. The van der Waals surface area contributed by atoms with Crippen LogP contribution in [-0.4, -0.2) is 40.4 Å². The predicted molar refractivity (Wildman–Crippen MR) is 72.0 cm³/mol. The first-order valence-electron chi connectivity index (χ1n) is 6.24. The van der Waals surface area contributed by atoms with Crippen molar-refractivity contribution < 1.29 is 4.74 Å². The van der Waals surface area contributed by atoms with Gasteiger partial charge in [0.15, 0.2) is 0 Å². The molecule has 3 heterocycles. The minimum Gasteiger partial charge on any atom is -0.475 e. The molecule has 0 aliphatic carbocycles. The summed E-state index contributed by atoms with van der Waals surface area (Å²) in [5.74, 6) is 2.03. The summed E-state index contributed by atoms with van der Waals surface area (Å²) in [6, 6.07) is 1.86. The van der Waals surface area contributed by atoms with Crippen LogP contribution in [0.3, 0.4) is 0 Å². The van der Waals surface area contributed by atoms with Crippen LogP contribution in [-0.2, 0) is 0 Å². The third-order valence-corrected chi connectivity index (χ3v) is 3.03. The second-order valence-electron chi connectivity index (χ2n) is 4.43. The smallest absolute Gasteiger partial charge is 0.257 e. The minimum atomic E-state index is 0.593. The van der Waals surface area contributed by atoms with Crippen LogP contribution in [0.2, 0.25) is 0 Å². The van der Waals surface area contributed by atoms with Crippen molar-refractivity contribution in [1.82, 2.24) is 20.2 Å². The van der Waals surface area contributed by atoms with Crippen LogP contribution in [0.5, 0.6) is 5.88 Å². The van der Waals surface area contributed by atoms with Gasteiger partial charge in [-0.05, 0) is 19.4 Å². The van der Waals surface area contributed by atoms with Crippen LogP contribution in [0.25, 0.3) is 0 Å². The summed E-state index contributed by atoms with van der Waals surface area (Å²) in [6.07, 6.45) is 2.63. The van der Waals surface area contributed by atoms with Crippen LogP contribution in [0.15, 0.2) is 12.3 Å². The SMILES string of the molecule is Cc1[nH]nc2c1N(C)c1nccc(n1)NCCCO2. The number of ether oxygens (including phenoxy) is 1. The lowest BCUT2D eigenvalue weighted by Crippen LogP contribution is -2.14. The molecule has 0 aromatic carbocycles. The van der Waals surface area contributed by atoms with E-state index in [0.717, 1.165) is 30.2 Å². The number of H-pyrrole nitrogens is 1. The summed E-state index contributed by atoms with van der Waals surface area (Å²) in [5.41, 5.74) is 1.80. The summed E-state index contributed by atoms with van der Waals surface area (Å²) < 4.78 is 5.71. The molecule has 19 heavy (non-hydrogen) atoms. The summed E-state index contributed by atoms with van der Waals surface area (Å²) in [6.45, 7) is 3.37. The quantitative estimate of drug-likeness (QED) is 0.746. The number of aryl methyl sites for hydroxylation is 1. The highest BCUT2D eigenvalue weighted by molar-refractivity contribution is 5.65. The Bertz CT molecular complexity index is 581. The van der Waals surface area contributed by atoms with Crippen molar-refractivity contribution >= 4 is 17.5 Å². The van der Waals surface area contributed by atoms with Gasteiger partial charge in [0.1, 0.15) is 11.5 Å². The topological polar surface area (TPSA) is 79.0 Å². The van der Waals surface area contributed by atoms with E-state index in [1.165, 1.54) is 0 Å². The van der Waals surface area contributed by atoms with E-state index in [9.17, 15) is 0 Å². The van der Waals surface area contributed by atoms with E-state index in [2.05, 4.69) is 25.5 Å². The van der Waals surface area contributed by atoms with E-state index < -0.39 is 0 Å². The van der Waals surface area contributed by atoms with E-state index in [4.69, 9.17) is 4.74 Å². The van der Waals surface area contributed by atoms with Crippen LogP contribution in [0, 0.1) is 6.92 Å². The third-order valence-electron chi connectivity index (χ3n) is 3.03. The third kappa shape index (κ3) is 2.18. The molecule has 7 nitrogen and oxygen atoms in total. The lowest BCUT2D eigenvalue weighted by atomic mass is 10.3. The van der Waals surface area contributed by atoms with Gasteiger partial charge < -0.3 is 15.0 Å². The zero-order chi connectivity index (χ0) is 13.2. The van der Waals surface area contributed by atoms with Gasteiger partial charge in [0.05, 0.1) is 12.3 Å². The maximum absolute atomic E-state index is 5.71. The minimum absolute atomic E-state index is 0.593. The summed E-state index contributed by atoms with van der Waals surface area (Å²) in [5, 5.41) is 10.4. The Morgan fingerprint density at radius 2 is 2.32 bits per heavy atom. The molecular weight excluding hydrogens is 244 g/mol. The number of rotatable bonds is 0. The van der Waals surface area contributed by atoms with Crippen LogP contribution >= 0.6 is 0 Å². The zero-order valence-corrected chi connectivity index (χ0v) is 11.0. The molecule has 0 saturated heterocycles. The number of anilines is 3. The molecular formula is C12H16N6O. The molecule has 0 unspecified atom stereocenters. The maximum atomic E-state index is 5.71. The predicted octanol–water partition coefficient (Wildman–Crippen LogP) is 1.47. The number of aromatic nitrogens is 4. The molecule has 2 N–H and O–H groups in total. The van der Waals surface area contributed by atoms with Crippen LogP contribution in [0.4, 0.5) is 17.5 Å². The van der Waals surface area contributed by atoms with Gasteiger partial charge in [-0.15, -0.1) is 5.10 Å². The van der Waals surface area contributed by atoms with Gasteiger partial charge in [-0.3, -0.25) is 5.10 Å². The fourth-order valence-corrected chi connectivity index (χ4v) is 2.06. The molecule has 0 saturated carbocycles. The lowest BCUT2D eigenvalue weighted by molar-refractivity contribution is 0.303. The van der Waals surface area contributed by atoms with Gasteiger partial charge in [0.25, 0.3) is 5.88 Å². The van der Waals surface area contributed by atoms with Crippen molar-refractivity contribution in [2.45, 2.75) is 13.3 Å². The first kappa shape index (κ1) is 11.8. The second kappa shape index (κ2) is 4.75. The molecule has 1 aliphatic rings. The van der Waals surface area contributed by atoms with Crippen molar-refractivity contribution in [3.05, 3.63) is 18.0 Å². The Kier molecular flexibility index (Phi) is 2.94. The molecule has 0 amide bonds. The van der Waals surface area contributed by atoms with Crippen molar-refractivity contribution in [2.24, 2.45) is 0 Å². The number of fused-ring (bicyclic) bond motifs is 3. The van der Waals surface area contributed by atoms with E-state index in [1.807, 2.05) is 24.9 Å². The number of nitrogens with zero attached hydrogens (tertiary/aromatic N) is 4.